The fraction of sp³-hybridized carbons (Fsp3) is 0. The average molecular weight is 171 g/mol. The minimum absolute atomic E-state index is 0. The summed E-state index contributed by atoms with van der Waals surface area (Å²) in [6.07, 6.45) is 0. The molecule has 0 spiro atoms. The van der Waals surface area contributed by atoms with Crippen LogP contribution in [0.1, 0.15) is 0 Å². The molecule has 0 rings (SSSR count). The fourth-order valence-corrected chi connectivity index (χ4v) is 0. The first kappa shape index (κ1) is 10.3. The van der Waals surface area contributed by atoms with E-state index < -0.39 is 0 Å². The van der Waals surface area contributed by atoms with Crippen molar-refractivity contribution in [2.45, 2.75) is 0 Å². The van der Waals surface area contributed by atoms with E-state index in [0.29, 0.717) is 0 Å². The molecule has 0 heterocycles. The molecule has 0 fully saturated rings. The number of carbonyl (C=O) groups excluding carboxylic acids is 1. The smallest absolute Gasteiger partial charge is 0 e. The molecule has 0 atom stereocenters. The number of hydrogen-bond donors (Lipinski definition) is 0. The van der Waals surface area contributed by atoms with Gasteiger partial charge in [0.25, 0.3) is 0 Å². The van der Waals surface area contributed by atoms with Crippen LogP contribution in [0.2, 0.25) is 0 Å². The van der Waals surface area contributed by atoms with Crippen LogP contribution in [0.25, 0.3) is 0 Å². The van der Waals surface area contributed by atoms with Crippen molar-refractivity contribution in [2.75, 3.05) is 0 Å². The number of ketones is 1. The Kier molecular flexibility index (Phi) is 6.48. The summed E-state index contributed by atoms with van der Waals surface area (Å²) in [5.41, 5.74) is 0.259. The van der Waals surface area contributed by atoms with E-state index in [0.717, 1.165) is 0 Å². The molecule has 1 nitrogen and oxygen atoms in total. The van der Waals surface area contributed by atoms with Gasteiger partial charge >= 0.3 is 0 Å². The van der Waals surface area contributed by atoms with Crippen molar-refractivity contribution >= 4 is 5.78 Å². The number of hydrogen-bond acceptors (Lipinski definition) is 1. The number of Topliss-reactive ketones (excluding diaryl/α,β-unsaturated/α-hetero) is 1. The molecule has 0 aliphatic rings. The fourth-order valence-electron chi connectivity index (χ4n) is 0. The molecule has 0 aliphatic heterocycles. The predicted octanol–water partition coefficient (Wildman–Crippen LogP) is 0.777. The predicted molar refractivity (Wildman–Crippen MR) is 24.9 cm³/mol. The quantitative estimate of drug-likeness (QED) is 0.420. The summed E-state index contributed by atoms with van der Waals surface area (Å²) in [6.45, 7) is 9.50. The first-order chi connectivity index (χ1) is 2.64. The molecule has 0 aromatic rings. The van der Waals surface area contributed by atoms with Gasteiger partial charge in [-0.1, -0.05) is 5.78 Å². The standard InChI is InChI=1S/C5H6O.Y/c1-4(2)5(3)6;/h1-3H2;/q-2;. The van der Waals surface area contributed by atoms with Crippen LogP contribution in [0.5, 0.6) is 0 Å². The van der Waals surface area contributed by atoms with Crippen LogP contribution in [0.4, 0.5) is 0 Å². The van der Waals surface area contributed by atoms with E-state index >= 15 is 0 Å². The molecular formula is C5H6OY-2. The maximum absolute atomic E-state index is 9.87. The van der Waals surface area contributed by atoms with Gasteiger partial charge in [0, 0.05) is 32.7 Å². The molecule has 0 saturated carbocycles. The van der Waals surface area contributed by atoms with Crippen molar-refractivity contribution in [2.24, 2.45) is 0 Å². The van der Waals surface area contributed by atoms with Gasteiger partial charge in [0.2, 0.25) is 0 Å². The van der Waals surface area contributed by atoms with Gasteiger partial charge in [0.05, 0.1) is 0 Å². The first-order valence-electron chi connectivity index (χ1n) is 1.51. The number of rotatable bonds is 1. The van der Waals surface area contributed by atoms with Crippen molar-refractivity contribution in [1.29, 1.82) is 0 Å². The molecule has 0 aromatic heterocycles. The number of allylic oxidation sites excluding steroid dienone is 1. The van der Waals surface area contributed by atoms with Gasteiger partial charge < -0.3 is 10.4 Å². The second kappa shape index (κ2) is 4.41. The monoisotopic (exact) mass is 171 g/mol. The Morgan fingerprint density at radius 2 is 1.57 bits per heavy atom. The summed E-state index contributed by atoms with van der Waals surface area (Å²) in [6, 6.07) is 0. The van der Waals surface area contributed by atoms with E-state index in [1.165, 1.54) is 0 Å². The minimum atomic E-state index is -0.296. The van der Waals surface area contributed by atoms with Crippen LogP contribution < -0.4 is 0 Å². The van der Waals surface area contributed by atoms with Gasteiger partial charge in [0.15, 0.2) is 0 Å². The van der Waals surface area contributed by atoms with Crippen molar-refractivity contribution < 1.29 is 37.5 Å². The maximum Gasteiger partial charge on any atom is 0 e. The van der Waals surface area contributed by atoms with E-state index in [4.69, 9.17) is 0 Å². The molecule has 37 valence electrons. The maximum atomic E-state index is 9.87. The Morgan fingerprint density at radius 3 is 1.57 bits per heavy atom. The van der Waals surface area contributed by atoms with Crippen molar-refractivity contribution in [3.8, 4) is 0 Å². The summed E-state index contributed by atoms with van der Waals surface area (Å²) in [5, 5.41) is 0. The summed E-state index contributed by atoms with van der Waals surface area (Å²) in [5.74, 6) is -0.296. The summed E-state index contributed by atoms with van der Waals surface area (Å²) in [4.78, 5) is 9.87. The SMILES string of the molecule is C=C([CH2-])C([CH2-])=O.[Y]. The van der Waals surface area contributed by atoms with Gasteiger partial charge in [-0.3, -0.25) is 20.4 Å². The van der Waals surface area contributed by atoms with E-state index in [1.807, 2.05) is 0 Å². The topological polar surface area (TPSA) is 17.1 Å². The molecule has 0 aromatic carbocycles. The van der Waals surface area contributed by atoms with Gasteiger partial charge in [-0.25, -0.2) is 0 Å². The Balaban J connectivity index is 0. The molecule has 0 bridgehead atoms. The van der Waals surface area contributed by atoms with Gasteiger partial charge in [-0.2, -0.15) is 0 Å². The van der Waals surface area contributed by atoms with E-state index in [1.54, 1.807) is 0 Å². The zero-order chi connectivity index (χ0) is 5.15. The van der Waals surface area contributed by atoms with Crippen LogP contribution >= 0.6 is 0 Å². The summed E-state index contributed by atoms with van der Waals surface area (Å²) in [7, 11) is 0. The molecular weight excluding hydrogens is 165 g/mol. The minimum Gasteiger partial charge on any atom is -0.407 e. The van der Waals surface area contributed by atoms with Crippen molar-refractivity contribution in [3.05, 3.63) is 26.0 Å². The first-order valence-corrected chi connectivity index (χ1v) is 1.51. The largest absolute Gasteiger partial charge is 0.407 e. The normalized spacial score (nSPS) is 6.29. The molecule has 2 heteroatoms. The van der Waals surface area contributed by atoms with E-state index in [2.05, 4.69) is 20.4 Å². The van der Waals surface area contributed by atoms with Crippen molar-refractivity contribution in [1.82, 2.24) is 0 Å². The van der Waals surface area contributed by atoms with Gasteiger partial charge in [0.1, 0.15) is 0 Å². The molecule has 0 N–H and O–H groups in total. The molecule has 0 saturated heterocycles. The van der Waals surface area contributed by atoms with Crippen LogP contribution in [0.3, 0.4) is 0 Å². The molecule has 0 amide bonds. The molecule has 0 aliphatic carbocycles. The van der Waals surface area contributed by atoms with E-state index in [9.17, 15) is 4.79 Å². The second-order valence-corrected chi connectivity index (χ2v) is 1.03. The second-order valence-electron chi connectivity index (χ2n) is 1.03. The zero-order valence-electron chi connectivity index (χ0n) is 4.11. The summed E-state index contributed by atoms with van der Waals surface area (Å²) >= 11 is 0. The molecule has 7 heavy (non-hydrogen) atoms. The average Bonchev–Trinajstić information content (AvgIpc) is 1.36. The molecule has 0 unspecified atom stereocenters. The van der Waals surface area contributed by atoms with Crippen LogP contribution in [0.15, 0.2) is 12.2 Å². The van der Waals surface area contributed by atoms with Crippen molar-refractivity contribution in [3.63, 3.8) is 0 Å². The third-order valence-corrected chi connectivity index (χ3v) is 0.394. The van der Waals surface area contributed by atoms with Crippen LogP contribution in [0, 0.1) is 13.8 Å². The molecule has 1 radical (unpaired) electrons. The Hall–Kier alpha value is 0.254. The van der Waals surface area contributed by atoms with Crippen LogP contribution in [-0.2, 0) is 37.5 Å². The van der Waals surface area contributed by atoms with Gasteiger partial charge in [-0.05, 0) is 0 Å². The third kappa shape index (κ3) is 6.25. The van der Waals surface area contributed by atoms with Crippen LogP contribution in [-0.4, -0.2) is 5.78 Å². The summed E-state index contributed by atoms with van der Waals surface area (Å²) < 4.78 is 0. The third-order valence-electron chi connectivity index (χ3n) is 0.394. The van der Waals surface area contributed by atoms with Gasteiger partial charge in [-0.15, -0.1) is 0 Å². The zero-order valence-corrected chi connectivity index (χ0v) is 6.95. The Labute approximate surface area is 69.1 Å². The van der Waals surface area contributed by atoms with E-state index in [-0.39, 0.29) is 44.1 Å². The Morgan fingerprint density at radius 1 is 1.43 bits per heavy atom. The Bertz CT molecular complexity index is 74.1. The number of carbonyl (C=O) groups is 1.